The first-order chi connectivity index (χ1) is 8.69. The molecule has 1 amide bonds. The molecule has 5 nitrogen and oxygen atoms in total. The molecule has 1 aromatic heterocycles. The Kier molecular flexibility index (Phi) is 3.91. The van der Waals surface area contributed by atoms with Gasteiger partial charge in [-0.05, 0) is 12.8 Å². The highest BCUT2D eigenvalue weighted by Gasteiger charge is 2.40. The molecule has 0 aromatic carbocycles. The summed E-state index contributed by atoms with van der Waals surface area (Å²) in [5.41, 5.74) is 5.47. The van der Waals surface area contributed by atoms with Crippen molar-refractivity contribution in [1.82, 2.24) is 9.97 Å². The lowest BCUT2D eigenvalue weighted by Gasteiger charge is -2.37. The second-order valence-corrected chi connectivity index (χ2v) is 4.97. The summed E-state index contributed by atoms with van der Waals surface area (Å²) >= 11 is 0. The fourth-order valence-corrected chi connectivity index (χ4v) is 2.66. The minimum absolute atomic E-state index is 0.0743. The van der Waals surface area contributed by atoms with Gasteiger partial charge in [0.2, 0.25) is 5.91 Å². The van der Waals surface area contributed by atoms with E-state index in [9.17, 15) is 4.79 Å². The SMILES string of the molecule is CN(C(=O)C1(CN)CCCCC1)c1cnccn1. The molecule has 0 atom stereocenters. The van der Waals surface area contributed by atoms with Gasteiger partial charge in [-0.1, -0.05) is 19.3 Å². The number of carbonyl (C=O) groups excluding carboxylic acids is 1. The largest absolute Gasteiger partial charge is 0.329 e. The molecule has 0 radical (unpaired) electrons. The second kappa shape index (κ2) is 5.44. The summed E-state index contributed by atoms with van der Waals surface area (Å²) in [6.07, 6.45) is 9.92. The fourth-order valence-electron chi connectivity index (χ4n) is 2.66. The van der Waals surface area contributed by atoms with Crippen LogP contribution >= 0.6 is 0 Å². The van der Waals surface area contributed by atoms with Crippen LogP contribution in [0.3, 0.4) is 0 Å². The summed E-state index contributed by atoms with van der Waals surface area (Å²) < 4.78 is 0. The van der Waals surface area contributed by atoms with Gasteiger partial charge in [-0.15, -0.1) is 0 Å². The van der Waals surface area contributed by atoms with E-state index in [4.69, 9.17) is 5.73 Å². The summed E-state index contributed by atoms with van der Waals surface area (Å²) in [6, 6.07) is 0. The Balaban J connectivity index is 2.19. The van der Waals surface area contributed by atoms with Gasteiger partial charge in [0.1, 0.15) is 0 Å². The van der Waals surface area contributed by atoms with Crippen LogP contribution in [0.2, 0.25) is 0 Å². The Morgan fingerprint density at radius 3 is 2.67 bits per heavy atom. The molecule has 0 unspecified atom stereocenters. The minimum atomic E-state index is -0.398. The van der Waals surface area contributed by atoms with E-state index in [2.05, 4.69) is 9.97 Å². The normalized spacial score (nSPS) is 18.3. The van der Waals surface area contributed by atoms with Crippen molar-refractivity contribution in [2.75, 3.05) is 18.5 Å². The molecule has 1 heterocycles. The Labute approximate surface area is 107 Å². The maximum absolute atomic E-state index is 12.6. The van der Waals surface area contributed by atoms with Gasteiger partial charge in [-0.2, -0.15) is 0 Å². The molecule has 1 fully saturated rings. The third-order valence-corrected chi connectivity index (χ3v) is 3.85. The van der Waals surface area contributed by atoms with Gasteiger partial charge in [0.25, 0.3) is 0 Å². The Morgan fingerprint density at radius 2 is 2.11 bits per heavy atom. The zero-order valence-corrected chi connectivity index (χ0v) is 10.8. The van der Waals surface area contributed by atoms with Crippen molar-refractivity contribution in [1.29, 1.82) is 0 Å². The lowest BCUT2D eigenvalue weighted by molar-refractivity contribution is -0.129. The summed E-state index contributed by atoms with van der Waals surface area (Å²) in [5.74, 6) is 0.658. The molecule has 0 saturated heterocycles. The molecule has 2 N–H and O–H groups in total. The van der Waals surface area contributed by atoms with Gasteiger partial charge in [-0.3, -0.25) is 14.7 Å². The van der Waals surface area contributed by atoms with Crippen LogP contribution < -0.4 is 10.6 Å². The second-order valence-electron chi connectivity index (χ2n) is 4.97. The number of nitrogens with zero attached hydrogens (tertiary/aromatic N) is 3. The van der Waals surface area contributed by atoms with Crippen molar-refractivity contribution in [3.8, 4) is 0 Å². The van der Waals surface area contributed by atoms with Crippen molar-refractivity contribution in [2.24, 2.45) is 11.1 Å². The lowest BCUT2D eigenvalue weighted by atomic mass is 9.73. The first-order valence-electron chi connectivity index (χ1n) is 6.44. The van der Waals surface area contributed by atoms with Crippen molar-refractivity contribution < 1.29 is 4.79 Å². The lowest BCUT2D eigenvalue weighted by Crippen LogP contribution is -2.48. The smallest absolute Gasteiger partial charge is 0.235 e. The van der Waals surface area contributed by atoms with Gasteiger partial charge < -0.3 is 5.73 Å². The number of nitrogens with two attached hydrogens (primary N) is 1. The van der Waals surface area contributed by atoms with Crippen LogP contribution in [0.1, 0.15) is 32.1 Å². The molecule has 1 saturated carbocycles. The number of amides is 1. The van der Waals surface area contributed by atoms with E-state index < -0.39 is 5.41 Å². The fraction of sp³-hybridized carbons (Fsp3) is 0.615. The quantitative estimate of drug-likeness (QED) is 0.876. The monoisotopic (exact) mass is 248 g/mol. The zero-order chi connectivity index (χ0) is 13.0. The van der Waals surface area contributed by atoms with Gasteiger partial charge in [0.05, 0.1) is 11.6 Å². The van der Waals surface area contributed by atoms with Crippen LogP contribution in [-0.4, -0.2) is 29.5 Å². The van der Waals surface area contributed by atoms with E-state index in [0.29, 0.717) is 12.4 Å². The standard InChI is InChI=1S/C13H20N4O/c1-17(11-9-15-7-8-16-11)12(18)13(10-14)5-3-2-4-6-13/h7-9H,2-6,10,14H2,1H3. The zero-order valence-electron chi connectivity index (χ0n) is 10.8. The highest BCUT2D eigenvalue weighted by atomic mass is 16.2. The van der Waals surface area contributed by atoms with Crippen LogP contribution in [0.25, 0.3) is 0 Å². The van der Waals surface area contributed by atoms with Crippen LogP contribution in [0.15, 0.2) is 18.6 Å². The highest BCUT2D eigenvalue weighted by Crippen LogP contribution is 2.37. The number of rotatable bonds is 3. The van der Waals surface area contributed by atoms with E-state index in [1.54, 1.807) is 30.5 Å². The summed E-state index contributed by atoms with van der Waals surface area (Å²) in [4.78, 5) is 22.4. The molecule has 0 aliphatic heterocycles. The van der Waals surface area contributed by atoms with Gasteiger partial charge in [0.15, 0.2) is 5.82 Å². The van der Waals surface area contributed by atoms with Crippen molar-refractivity contribution in [3.63, 3.8) is 0 Å². The number of carbonyl (C=O) groups is 1. The van der Waals surface area contributed by atoms with Crippen molar-refractivity contribution >= 4 is 11.7 Å². The molecule has 98 valence electrons. The van der Waals surface area contributed by atoms with E-state index in [0.717, 1.165) is 25.7 Å². The topological polar surface area (TPSA) is 72.1 Å². The first kappa shape index (κ1) is 13.0. The third kappa shape index (κ3) is 2.36. The number of hydrogen-bond acceptors (Lipinski definition) is 4. The predicted molar refractivity (Wildman–Crippen MR) is 70.0 cm³/mol. The average molecular weight is 248 g/mol. The number of aromatic nitrogens is 2. The maximum Gasteiger partial charge on any atom is 0.235 e. The molecule has 0 spiro atoms. The Bertz CT molecular complexity index is 401. The number of hydrogen-bond donors (Lipinski definition) is 1. The van der Waals surface area contributed by atoms with E-state index in [1.807, 2.05) is 0 Å². The molecule has 5 heteroatoms. The molecule has 0 bridgehead atoms. The van der Waals surface area contributed by atoms with Gasteiger partial charge >= 0.3 is 0 Å². The van der Waals surface area contributed by atoms with Crippen molar-refractivity contribution in [3.05, 3.63) is 18.6 Å². The molecule has 1 aliphatic rings. The van der Waals surface area contributed by atoms with Crippen molar-refractivity contribution in [2.45, 2.75) is 32.1 Å². The van der Waals surface area contributed by atoms with Crippen LogP contribution in [0, 0.1) is 5.41 Å². The molecular formula is C13H20N4O. The van der Waals surface area contributed by atoms with Crippen LogP contribution in [-0.2, 0) is 4.79 Å². The summed E-state index contributed by atoms with van der Waals surface area (Å²) in [5, 5.41) is 0. The summed E-state index contributed by atoms with van der Waals surface area (Å²) in [7, 11) is 1.75. The van der Waals surface area contributed by atoms with E-state index >= 15 is 0 Å². The van der Waals surface area contributed by atoms with Crippen LogP contribution in [0.4, 0.5) is 5.82 Å². The van der Waals surface area contributed by atoms with E-state index in [1.165, 1.54) is 6.42 Å². The third-order valence-electron chi connectivity index (χ3n) is 3.85. The maximum atomic E-state index is 12.6. The number of anilines is 1. The van der Waals surface area contributed by atoms with Gasteiger partial charge in [-0.25, -0.2) is 4.98 Å². The molecule has 18 heavy (non-hydrogen) atoms. The average Bonchev–Trinajstić information content (AvgIpc) is 2.47. The Morgan fingerprint density at radius 1 is 1.39 bits per heavy atom. The highest BCUT2D eigenvalue weighted by molar-refractivity contribution is 5.96. The van der Waals surface area contributed by atoms with Crippen LogP contribution in [0.5, 0.6) is 0 Å². The van der Waals surface area contributed by atoms with Gasteiger partial charge in [0, 0.05) is 26.0 Å². The predicted octanol–water partition coefficient (Wildman–Crippen LogP) is 1.35. The van der Waals surface area contributed by atoms with E-state index in [-0.39, 0.29) is 5.91 Å². The summed E-state index contributed by atoms with van der Waals surface area (Å²) in [6.45, 7) is 0.413. The molecule has 2 rings (SSSR count). The molecule has 1 aromatic rings. The molecule has 1 aliphatic carbocycles. The molecular weight excluding hydrogens is 228 g/mol. The minimum Gasteiger partial charge on any atom is -0.329 e. The first-order valence-corrected chi connectivity index (χ1v) is 6.44. The Hall–Kier alpha value is -1.49.